The fourth-order valence-electron chi connectivity index (χ4n) is 3.20. The Kier molecular flexibility index (Phi) is 5.17. The van der Waals surface area contributed by atoms with E-state index in [0.29, 0.717) is 0 Å². The molecule has 4 nitrogen and oxygen atoms in total. The Labute approximate surface area is 168 Å². The van der Waals surface area contributed by atoms with E-state index in [1.165, 1.54) is 0 Å². The first-order valence-corrected chi connectivity index (χ1v) is 9.84. The van der Waals surface area contributed by atoms with Gasteiger partial charge >= 0.3 is 5.97 Å². The predicted molar refractivity (Wildman–Crippen MR) is 110 cm³/mol. The average Bonchev–Trinajstić information content (AvgIpc) is 2.72. The number of hydrogen-bond donors (Lipinski definition) is 0. The molecule has 0 radical (unpaired) electrons. The van der Waals surface area contributed by atoms with E-state index in [9.17, 15) is 9.59 Å². The Morgan fingerprint density at radius 2 is 1.43 bits per heavy atom. The van der Waals surface area contributed by atoms with Crippen LogP contribution in [-0.2, 0) is 20.7 Å². The number of carbonyl (C=O) groups is 2. The number of ether oxygens (including phenoxy) is 1. The maximum atomic E-state index is 13.0. The summed E-state index contributed by atoms with van der Waals surface area (Å²) in [6, 6.07) is 23.2. The maximum Gasteiger partial charge on any atom is 0.310 e. The van der Waals surface area contributed by atoms with Gasteiger partial charge in [-0.3, -0.25) is 14.5 Å². The minimum Gasteiger partial charge on any atom is -0.455 e. The van der Waals surface area contributed by atoms with Crippen molar-refractivity contribution >= 4 is 35.0 Å². The zero-order valence-electron chi connectivity index (χ0n) is 15.4. The molecule has 0 fully saturated rings. The first-order valence-electron chi connectivity index (χ1n) is 9.02. The summed E-state index contributed by atoms with van der Waals surface area (Å²) >= 11 is 1.63. The topological polar surface area (TPSA) is 46.6 Å². The van der Waals surface area contributed by atoms with E-state index >= 15 is 0 Å². The van der Waals surface area contributed by atoms with Crippen LogP contribution < -0.4 is 4.90 Å². The third-order valence-corrected chi connectivity index (χ3v) is 5.76. The van der Waals surface area contributed by atoms with Gasteiger partial charge in [0.2, 0.25) is 0 Å². The molecule has 5 heteroatoms. The van der Waals surface area contributed by atoms with Crippen LogP contribution in [-0.4, -0.2) is 18.5 Å². The third kappa shape index (κ3) is 3.66. The zero-order chi connectivity index (χ0) is 19.5. The molecule has 0 aliphatic carbocycles. The second-order valence-electron chi connectivity index (χ2n) is 6.53. The normalized spacial score (nSPS) is 12.1. The second-order valence-corrected chi connectivity index (χ2v) is 7.61. The Hall–Kier alpha value is -3.05. The number of esters is 1. The van der Waals surface area contributed by atoms with Crippen molar-refractivity contribution in [2.75, 3.05) is 11.5 Å². The van der Waals surface area contributed by atoms with Crippen molar-refractivity contribution in [3.8, 4) is 0 Å². The highest BCUT2D eigenvalue weighted by molar-refractivity contribution is 7.99. The smallest absolute Gasteiger partial charge is 0.310 e. The van der Waals surface area contributed by atoms with Crippen molar-refractivity contribution in [1.29, 1.82) is 0 Å². The molecule has 0 saturated carbocycles. The number of rotatable bonds is 4. The van der Waals surface area contributed by atoms with Crippen molar-refractivity contribution in [2.45, 2.75) is 23.1 Å². The second kappa shape index (κ2) is 7.90. The fraction of sp³-hybridized carbons (Fsp3) is 0.130. The van der Waals surface area contributed by atoms with Crippen LogP contribution in [0.4, 0.5) is 11.4 Å². The lowest BCUT2D eigenvalue weighted by Gasteiger charge is -2.30. The lowest BCUT2D eigenvalue weighted by atomic mass is 10.1. The van der Waals surface area contributed by atoms with Gasteiger partial charge in [0.25, 0.3) is 5.91 Å². The quantitative estimate of drug-likeness (QED) is 0.595. The van der Waals surface area contributed by atoms with Crippen molar-refractivity contribution in [1.82, 2.24) is 0 Å². The monoisotopic (exact) mass is 389 g/mol. The van der Waals surface area contributed by atoms with Gasteiger partial charge in [0.1, 0.15) is 0 Å². The van der Waals surface area contributed by atoms with E-state index in [1.807, 2.05) is 79.7 Å². The first kappa shape index (κ1) is 18.3. The van der Waals surface area contributed by atoms with Gasteiger partial charge in [-0.2, -0.15) is 0 Å². The molecule has 3 aromatic rings. The van der Waals surface area contributed by atoms with Crippen molar-refractivity contribution in [2.24, 2.45) is 0 Å². The lowest BCUT2D eigenvalue weighted by Crippen LogP contribution is -2.32. The highest BCUT2D eigenvalue weighted by atomic mass is 32.2. The molecule has 0 bridgehead atoms. The first-order chi connectivity index (χ1) is 13.6. The highest BCUT2D eigenvalue weighted by Gasteiger charge is 2.28. The summed E-state index contributed by atoms with van der Waals surface area (Å²) in [5, 5.41) is 0. The molecule has 0 atom stereocenters. The molecule has 0 aromatic heterocycles. The van der Waals surface area contributed by atoms with Gasteiger partial charge < -0.3 is 4.74 Å². The zero-order valence-corrected chi connectivity index (χ0v) is 16.2. The molecule has 1 aliphatic rings. The number of fused-ring (bicyclic) bond motifs is 2. The number of anilines is 2. The summed E-state index contributed by atoms with van der Waals surface area (Å²) in [6.07, 6.45) is 0.156. The van der Waals surface area contributed by atoms with Gasteiger partial charge in [-0.1, -0.05) is 60.3 Å². The fourth-order valence-corrected chi connectivity index (χ4v) is 4.25. The van der Waals surface area contributed by atoms with E-state index in [4.69, 9.17) is 4.74 Å². The molecule has 0 N–H and O–H groups in total. The number of para-hydroxylation sites is 2. The average molecular weight is 389 g/mol. The van der Waals surface area contributed by atoms with Crippen LogP contribution in [0, 0.1) is 6.92 Å². The van der Waals surface area contributed by atoms with Crippen molar-refractivity contribution in [3.05, 3.63) is 83.9 Å². The molecular formula is C23H19NO3S. The minimum absolute atomic E-state index is 0.156. The number of benzene rings is 3. The Morgan fingerprint density at radius 1 is 0.857 bits per heavy atom. The molecule has 1 heterocycles. The van der Waals surface area contributed by atoms with Gasteiger partial charge in [0, 0.05) is 9.79 Å². The van der Waals surface area contributed by atoms with E-state index < -0.39 is 5.97 Å². The largest absolute Gasteiger partial charge is 0.455 e. The van der Waals surface area contributed by atoms with Gasteiger partial charge in [0.05, 0.1) is 17.8 Å². The van der Waals surface area contributed by atoms with Gasteiger partial charge in [-0.25, -0.2) is 0 Å². The van der Waals surface area contributed by atoms with Gasteiger partial charge in [-0.05, 0) is 42.3 Å². The number of aryl methyl sites for hydroxylation is 1. The summed E-state index contributed by atoms with van der Waals surface area (Å²) < 4.78 is 5.31. The lowest BCUT2D eigenvalue weighted by molar-refractivity contribution is -0.147. The van der Waals surface area contributed by atoms with Crippen molar-refractivity contribution < 1.29 is 14.3 Å². The number of nitrogens with zero attached hydrogens (tertiary/aromatic N) is 1. The summed E-state index contributed by atoms with van der Waals surface area (Å²) in [5.74, 6) is -0.672. The third-order valence-electron chi connectivity index (χ3n) is 4.63. The van der Waals surface area contributed by atoms with E-state index in [2.05, 4.69) is 0 Å². The number of hydrogen-bond acceptors (Lipinski definition) is 4. The number of amides is 1. The molecule has 1 aliphatic heterocycles. The standard InChI is InChI=1S/C23H19NO3S/c1-16-8-2-3-9-17(16)14-23(26)27-15-22(25)24-18-10-4-6-12-20(18)28-21-13-7-5-11-19(21)24/h2-13H,14-15H2,1H3. The molecule has 0 unspecified atom stereocenters. The van der Waals surface area contributed by atoms with Crippen LogP contribution >= 0.6 is 11.8 Å². The predicted octanol–water partition coefficient (Wildman–Crippen LogP) is 4.91. The van der Waals surface area contributed by atoms with Crippen LogP contribution in [0.15, 0.2) is 82.6 Å². The Morgan fingerprint density at radius 3 is 2.07 bits per heavy atom. The minimum atomic E-state index is -0.407. The molecule has 0 saturated heterocycles. The van der Waals surface area contributed by atoms with Crippen LogP contribution in [0.1, 0.15) is 11.1 Å². The molecular weight excluding hydrogens is 370 g/mol. The highest BCUT2D eigenvalue weighted by Crippen LogP contribution is 2.47. The molecule has 1 amide bonds. The molecule has 0 spiro atoms. The summed E-state index contributed by atoms with van der Waals surface area (Å²) in [6.45, 7) is 1.66. The van der Waals surface area contributed by atoms with Crippen LogP contribution in [0.5, 0.6) is 0 Å². The molecule has 140 valence electrons. The molecule has 3 aromatic carbocycles. The summed E-state index contributed by atoms with van der Waals surface area (Å²) in [7, 11) is 0. The molecule has 28 heavy (non-hydrogen) atoms. The summed E-state index contributed by atoms with van der Waals surface area (Å²) in [4.78, 5) is 28.9. The van der Waals surface area contributed by atoms with Crippen LogP contribution in [0.2, 0.25) is 0 Å². The Bertz CT molecular complexity index is 1000. The SMILES string of the molecule is Cc1ccccc1CC(=O)OCC(=O)N1c2ccccc2Sc2ccccc21. The summed E-state index contributed by atoms with van der Waals surface area (Å²) in [5.41, 5.74) is 3.56. The van der Waals surface area contributed by atoms with E-state index in [1.54, 1.807) is 16.7 Å². The Balaban J connectivity index is 1.51. The van der Waals surface area contributed by atoms with Crippen LogP contribution in [0.25, 0.3) is 0 Å². The van der Waals surface area contributed by atoms with E-state index in [0.717, 1.165) is 32.3 Å². The van der Waals surface area contributed by atoms with Crippen LogP contribution in [0.3, 0.4) is 0 Å². The number of carbonyl (C=O) groups excluding carboxylic acids is 2. The maximum absolute atomic E-state index is 13.0. The van der Waals surface area contributed by atoms with E-state index in [-0.39, 0.29) is 18.9 Å². The van der Waals surface area contributed by atoms with Gasteiger partial charge in [-0.15, -0.1) is 0 Å². The molecule has 4 rings (SSSR count). The van der Waals surface area contributed by atoms with Gasteiger partial charge in [0.15, 0.2) is 6.61 Å². The van der Waals surface area contributed by atoms with Crippen molar-refractivity contribution in [3.63, 3.8) is 0 Å².